The van der Waals surface area contributed by atoms with Crippen molar-refractivity contribution in [2.75, 3.05) is 13.2 Å². The van der Waals surface area contributed by atoms with E-state index in [0.717, 1.165) is 0 Å². The number of nitrogens with two attached hydrogens (primary N) is 1. The van der Waals surface area contributed by atoms with Crippen molar-refractivity contribution in [2.24, 2.45) is 11.7 Å². The molecule has 0 saturated heterocycles. The molecule has 2 rings (SSSR count). The Balaban J connectivity index is 2.26. The fourth-order valence-electron chi connectivity index (χ4n) is 1.87. The van der Waals surface area contributed by atoms with Crippen LogP contribution in [0.1, 0.15) is 12.8 Å². The van der Waals surface area contributed by atoms with Gasteiger partial charge in [0, 0.05) is 6.54 Å². The molecule has 8 heteroatoms. The molecule has 1 saturated carbocycles. The molecule has 0 heterocycles. The minimum atomic E-state index is -2.26. The molecule has 1 aromatic rings. The van der Waals surface area contributed by atoms with E-state index in [1.807, 2.05) is 0 Å². The Morgan fingerprint density at radius 1 is 1.00 bits per heavy atom. The Bertz CT molecular complexity index is 506. The van der Waals surface area contributed by atoms with Crippen LogP contribution in [-0.4, -0.2) is 23.9 Å². The molecular formula is C12H12F5NO2. The lowest BCUT2D eigenvalue weighted by molar-refractivity contribution is -0.0186. The summed E-state index contributed by atoms with van der Waals surface area (Å²) in [6.45, 7) is -0.889. The van der Waals surface area contributed by atoms with E-state index in [2.05, 4.69) is 4.74 Å². The highest BCUT2D eigenvalue weighted by molar-refractivity contribution is 5.30. The van der Waals surface area contributed by atoms with Crippen molar-refractivity contribution in [3.05, 3.63) is 29.1 Å². The summed E-state index contributed by atoms with van der Waals surface area (Å²) in [5.74, 6) is -12.2. The second kappa shape index (κ2) is 5.17. The van der Waals surface area contributed by atoms with Gasteiger partial charge in [0.1, 0.15) is 12.2 Å². The van der Waals surface area contributed by atoms with Gasteiger partial charge < -0.3 is 15.6 Å². The molecule has 0 spiro atoms. The zero-order valence-corrected chi connectivity index (χ0v) is 10.2. The van der Waals surface area contributed by atoms with E-state index in [0.29, 0.717) is 12.8 Å². The van der Waals surface area contributed by atoms with Gasteiger partial charge in [-0.1, -0.05) is 0 Å². The number of hydrogen-bond acceptors (Lipinski definition) is 3. The third kappa shape index (κ3) is 2.45. The zero-order chi connectivity index (χ0) is 15.1. The maximum Gasteiger partial charge on any atom is 0.206 e. The fourth-order valence-corrected chi connectivity index (χ4v) is 1.87. The fraction of sp³-hybridized carbons (Fsp3) is 0.500. The van der Waals surface area contributed by atoms with Crippen LogP contribution in [0.5, 0.6) is 5.75 Å². The summed E-state index contributed by atoms with van der Waals surface area (Å²) >= 11 is 0. The summed E-state index contributed by atoms with van der Waals surface area (Å²) in [7, 11) is 0. The SMILES string of the molecule is NCC(O)(COc1c(F)c(F)c(F)c(F)c1F)C1CC1. The first-order valence-corrected chi connectivity index (χ1v) is 5.88. The molecule has 0 aliphatic heterocycles. The van der Waals surface area contributed by atoms with Crippen LogP contribution in [0.15, 0.2) is 0 Å². The Morgan fingerprint density at radius 2 is 1.45 bits per heavy atom. The lowest BCUT2D eigenvalue weighted by Crippen LogP contribution is -2.45. The second-order valence-corrected chi connectivity index (χ2v) is 4.77. The van der Waals surface area contributed by atoms with Gasteiger partial charge in [-0.15, -0.1) is 0 Å². The monoisotopic (exact) mass is 297 g/mol. The average Bonchev–Trinajstić information content (AvgIpc) is 3.27. The molecule has 20 heavy (non-hydrogen) atoms. The van der Waals surface area contributed by atoms with Gasteiger partial charge in [0.25, 0.3) is 0 Å². The van der Waals surface area contributed by atoms with E-state index in [1.54, 1.807) is 0 Å². The molecule has 3 N–H and O–H groups in total. The van der Waals surface area contributed by atoms with Crippen LogP contribution in [0.2, 0.25) is 0 Å². The van der Waals surface area contributed by atoms with Crippen molar-refractivity contribution < 1.29 is 31.8 Å². The first-order valence-electron chi connectivity index (χ1n) is 5.88. The van der Waals surface area contributed by atoms with Crippen molar-refractivity contribution in [3.63, 3.8) is 0 Å². The molecule has 1 aliphatic rings. The van der Waals surface area contributed by atoms with Crippen LogP contribution in [0, 0.1) is 35.0 Å². The number of ether oxygens (including phenoxy) is 1. The second-order valence-electron chi connectivity index (χ2n) is 4.77. The number of halogens is 5. The molecule has 0 radical (unpaired) electrons. The van der Waals surface area contributed by atoms with Gasteiger partial charge in [-0.2, -0.15) is 8.78 Å². The summed E-state index contributed by atoms with van der Waals surface area (Å²) in [5.41, 5.74) is 3.81. The maximum atomic E-state index is 13.3. The predicted molar refractivity (Wildman–Crippen MR) is 58.5 cm³/mol. The van der Waals surface area contributed by atoms with E-state index >= 15 is 0 Å². The molecular weight excluding hydrogens is 285 g/mol. The highest BCUT2D eigenvalue weighted by Crippen LogP contribution is 2.40. The molecule has 1 aliphatic carbocycles. The van der Waals surface area contributed by atoms with Crippen LogP contribution in [0.3, 0.4) is 0 Å². The molecule has 3 nitrogen and oxygen atoms in total. The van der Waals surface area contributed by atoms with Gasteiger partial charge in [-0.05, 0) is 18.8 Å². The molecule has 0 bridgehead atoms. The summed E-state index contributed by atoms with van der Waals surface area (Å²) in [4.78, 5) is 0. The van der Waals surface area contributed by atoms with Crippen LogP contribution in [0.25, 0.3) is 0 Å². The summed E-state index contributed by atoms with van der Waals surface area (Å²) in [5, 5.41) is 10.0. The van der Waals surface area contributed by atoms with Crippen LogP contribution >= 0.6 is 0 Å². The summed E-state index contributed by atoms with van der Waals surface area (Å²) in [6, 6.07) is 0. The van der Waals surface area contributed by atoms with E-state index < -0.39 is 47.0 Å². The largest absolute Gasteiger partial charge is 0.484 e. The van der Waals surface area contributed by atoms with Gasteiger partial charge in [-0.25, -0.2) is 13.2 Å². The number of hydrogen-bond donors (Lipinski definition) is 2. The maximum absolute atomic E-state index is 13.3. The van der Waals surface area contributed by atoms with Crippen LogP contribution in [-0.2, 0) is 0 Å². The third-order valence-electron chi connectivity index (χ3n) is 3.33. The quantitative estimate of drug-likeness (QED) is 0.495. The molecule has 1 atom stereocenters. The lowest BCUT2D eigenvalue weighted by Gasteiger charge is -2.26. The Morgan fingerprint density at radius 3 is 1.85 bits per heavy atom. The standard InChI is InChI=1S/C12H12F5NO2/c13-6-7(14)9(16)11(10(17)8(6)15)20-4-12(19,3-18)5-1-2-5/h5,19H,1-4,18H2. The number of benzene rings is 1. The lowest BCUT2D eigenvalue weighted by atomic mass is 9.99. The molecule has 1 unspecified atom stereocenters. The van der Waals surface area contributed by atoms with E-state index in [9.17, 15) is 27.1 Å². The minimum absolute atomic E-state index is 0.200. The van der Waals surface area contributed by atoms with Crippen molar-refractivity contribution in [1.82, 2.24) is 0 Å². The highest BCUT2D eigenvalue weighted by Gasteiger charge is 2.44. The smallest absolute Gasteiger partial charge is 0.206 e. The van der Waals surface area contributed by atoms with Gasteiger partial charge in [0.2, 0.25) is 29.1 Å². The summed E-state index contributed by atoms with van der Waals surface area (Å²) in [6.07, 6.45) is 1.32. The van der Waals surface area contributed by atoms with Crippen LogP contribution < -0.4 is 10.5 Å². The predicted octanol–water partition coefficient (Wildman–Crippen LogP) is 1.86. The van der Waals surface area contributed by atoms with E-state index in [-0.39, 0.29) is 12.5 Å². The minimum Gasteiger partial charge on any atom is -0.484 e. The Hall–Kier alpha value is -1.41. The number of aliphatic hydroxyl groups is 1. The van der Waals surface area contributed by atoms with Crippen molar-refractivity contribution in [2.45, 2.75) is 18.4 Å². The van der Waals surface area contributed by atoms with Crippen molar-refractivity contribution >= 4 is 0 Å². The highest BCUT2D eigenvalue weighted by atomic mass is 19.2. The normalized spacial score (nSPS) is 17.9. The van der Waals surface area contributed by atoms with E-state index in [4.69, 9.17) is 5.73 Å². The summed E-state index contributed by atoms with van der Waals surface area (Å²) < 4.78 is 70.0. The van der Waals surface area contributed by atoms with Gasteiger partial charge >= 0.3 is 0 Å². The van der Waals surface area contributed by atoms with Gasteiger partial charge in [0.15, 0.2) is 5.75 Å². The molecule has 0 amide bonds. The van der Waals surface area contributed by atoms with Gasteiger partial charge in [-0.3, -0.25) is 0 Å². The number of rotatable bonds is 5. The Labute approximate surface area is 111 Å². The van der Waals surface area contributed by atoms with Gasteiger partial charge in [0.05, 0.1) is 0 Å². The first kappa shape index (κ1) is 15.0. The van der Waals surface area contributed by atoms with Crippen molar-refractivity contribution in [3.8, 4) is 5.75 Å². The topological polar surface area (TPSA) is 55.5 Å². The third-order valence-corrected chi connectivity index (χ3v) is 3.33. The molecule has 1 aromatic carbocycles. The average molecular weight is 297 g/mol. The molecule has 0 aromatic heterocycles. The van der Waals surface area contributed by atoms with Crippen LogP contribution in [0.4, 0.5) is 22.0 Å². The molecule has 112 valence electrons. The van der Waals surface area contributed by atoms with E-state index in [1.165, 1.54) is 0 Å². The molecule has 1 fully saturated rings. The first-order chi connectivity index (χ1) is 9.31. The zero-order valence-electron chi connectivity index (χ0n) is 10.2. The Kier molecular flexibility index (Phi) is 3.88. The van der Waals surface area contributed by atoms with Crippen molar-refractivity contribution in [1.29, 1.82) is 0 Å².